The van der Waals surface area contributed by atoms with Crippen LogP contribution in [0.15, 0.2) is 18.3 Å². The summed E-state index contributed by atoms with van der Waals surface area (Å²) in [4.78, 5) is 31.1. The number of hydrogen-bond donors (Lipinski definition) is 0. The van der Waals surface area contributed by atoms with Crippen LogP contribution in [0, 0.1) is 11.9 Å². The third-order valence-corrected chi connectivity index (χ3v) is 4.95. The van der Waals surface area contributed by atoms with Gasteiger partial charge in [0.1, 0.15) is 6.61 Å². The molecule has 142 valence electrons. The number of amides is 2. The van der Waals surface area contributed by atoms with Gasteiger partial charge in [-0.15, -0.1) is 0 Å². The van der Waals surface area contributed by atoms with Crippen molar-refractivity contribution >= 4 is 11.8 Å². The zero-order valence-corrected chi connectivity index (χ0v) is 15.1. The Morgan fingerprint density at radius 2 is 2.23 bits per heavy atom. The van der Waals surface area contributed by atoms with E-state index in [0.29, 0.717) is 25.3 Å². The fraction of sp³-hybridized carbons (Fsp3) is 0.611. The van der Waals surface area contributed by atoms with Gasteiger partial charge in [0.15, 0.2) is 0 Å². The number of pyridine rings is 1. The molecule has 0 N–H and O–H groups in total. The highest BCUT2D eigenvalue weighted by molar-refractivity contribution is 5.94. The fourth-order valence-corrected chi connectivity index (χ4v) is 3.58. The number of likely N-dealkylation sites (N-methyl/N-ethyl adjacent to an activating group) is 1. The SMILES string of the molecule is CN(C)C(=O)COC[C@H]1C[C@@H]2[C@@H](C1)OCCN2C(=O)c1ccnc(F)c1. The number of morpholine rings is 1. The maximum Gasteiger partial charge on any atom is 0.254 e. The first-order chi connectivity index (χ1) is 12.5. The third-order valence-electron chi connectivity index (χ3n) is 4.95. The highest BCUT2D eigenvalue weighted by atomic mass is 19.1. The van der Waals surface area contributed by atoms with Gasteiger partial charge in [-0.3, -0.25) is 9.59 Å². The second-order valence-corrected chi connectivity index (χ2v) is 6.98. The summed E-state index contributed by atoms with van der Waals surface area (Å²) in [6, 6.07) is 2.64. The van der Waals surface area contributed by atoms with Crippen molar-refractivity contribution in [2.24, 2.45) is 5.92 Å². The predicted molar refractivity (Wildman–Crippen MR) is 91.0 cm³/mol. The molecule has 1 aromatic heterocycles. The Hall–Kier alpha value is -2.06. The molecule has 3 atom stereocenters. The lowest BCUT2D eigenvalue weighted by Crippen LogP contribution is -2.51. The number of carbonyl (C=O) groups excluding carboxylic acids is 2. The molecule has 7 nitrogen and oxygen atoms in total. The molecule has 1 aliphatic heterocycles. The van der Waals surface area contributed by atoms with Crippen molar-refractivity contribution in [2.45, 2.75) is 25.0 Å². The smallest absolute Gasteiger partial charge is 0.254 e. The van der Waals surface area contributed by atoms with Crippen LogP contribution < -0.4 is 0 Å². The molecule has 26 heavy (non-hydrogen) atoms. The van der Waals surface area contributed by atoms with Gasteiger partial charge in [0, 0.05) is 38.5 Å². The molecular formula is C18H24FN3O4. The first kappa shape index (κ1) is 18.7. The third kappa shape index (κ3) is 4.19. The second-order valence-electron chi connectivity index (χ2n) is 6.98. The summed E-state index contributed by atoms with van der Waals surface area (Å²) in [5.41, 5.74) is 0.300. The number of ether oxygens (including phenoxy) is 2. The number of rotatable bonds is 5. The zero-order valence-electron chi connectivity index (χ0n) is 15.1. The molecule has 1 saturated heterocycles. The van der Waals surface area contributed by atoms with Crippen molar-refractivity contribution in [3.8, 4) is 0 Å². The average Bonchev–Trinajstić information content (AvgIpc) is 3.03. The van der Waals surface area contributed by atoms with Gasteiger partial charge in [-0.25, -0.2) is 4.98 Å². The number of carbonyl (C=O) groups is 2. The lowest BCUT2D eigenvalue weighted by molar-refractivity contribution is -0.134. The molecule has 2 fully saturated rings. The van der Waals surface area contributed by atoms with Crippen LogP contribution in [0.4, 0.5) is 4.39 Å². The van der Waals surface area contributed by atoms with E-state index in [1.165, 1.54) is 17.2 Å². The molecule has 2 amide bonds. The maximum atomic E-state index is 13.3. The molecule has 2 heterocycles. The Balaban J connectivity index is 1.59. The highest BCUT2D eigenvalue weighted by Gasteiger charge is 2.43. The first-order valence-corrected chi connectivity index (χ1v) is 8.77. The van der Waals surface area contributed by atoms with E-state index >= 15 is 0 Å². The summed E-state index contributed by atoms with van der Waals surface area (Å²) < 4.78 is 24.7. The van der Waals surface area contributed by atoms with Gasteiger partial charge in [0.25, 0.3) is 5.91 Å². The molecule has 0 bridgehead atoms. The van der Waals surface area contributed by atoms with Crippen molar-refractivity contribution in [2.75, 3.05) is 40.5 Å². The summed E-state index contributed by atoms with van der Waals surface area (Å²) in [6.07, 6.45) is 2.79. The van der Waals surface area contributed by atoms with E-state index in [9.17, 15) is 14.0 Å². The van der Waals surface area contributed by atoms with Crippen LogP contribution >= 0.6 is 0 Å². The molecule has 0 aromatic carbocycles. The summed E-state index contributed by atoms with van der Waals surface area (Å²) in [5.74, 6) is -0.714. The maximum absolute atomic E-state index is 13.3. The lowest BCUT2D eigenvalue weighted by Gasteiger charge is -2.37. The molecule has 1 aromatic rings. The molecule has 0 unspecified atom stereocenters. The quantitative estimate of drug-likeness (QED) is 0.727. The van der Waals surface area contributed by atoms with Crippen molar-refractivity contribution in [3.63, 3.8) is 0 Å². The molecule has 0 radical (unpaired) electrons. The number of aromatic nitrogens is 1. The first-order valence-electron chi connectivity index (χ1n) is 8.77. The van der Waals surface area contributed by atoms with Crippen molar-refractivity contribution in [3.05, 3.63) is 29.8 Å². The molecule has 0 spiro atoms. The van der Waals surface area contributed by atoms with E-state index < -0.39 is 5.95 Å². The molecule has 1 saturated carbocycles. The minimum Gasteiger partial charge on any atom is -0.374 e. The van der Waals surface area contributed by atoms with Crippen LogP contribution in [0.25, 0.3) is 0 Å². The van der Waals surface area contributed by atoms with Crippen molar-refractivity contribution in [1.29, 1.82) is 0 Å². The van der Waals surface area contributed by atoms with Crippen LogP contribution in [0.3, 0.4) is 0 Å². The van der Waals surface area contributed by atoms with Gasteiger partial charge in [-0.05, 0) is 24.8 Å². The Morgan fingerprint density at radius 3 is 2.96 bits per heavy atom. The van der Waals surface area contributed by atoms with Gasteiger partial charge in [0.05, 0.1) is 25.4 Å². The van der Waals surface area contributed by atoms with Gasteiger partial charge in [-0.1, -0.05) is 0 Å². The minimum absolute atomic E-state index is 0.0439. The van der Waals surface area contributed by atoms with Gasteiger partial charge >= 0.3 is 0 Å². The van der Waals surface area contributed by atoms with Crippen LogP contribution in [0.5, 0.6) is 0 Å². The molecule has 2 aliphatic rings. The fourth-order valence-electron chi connectivity index (χ4n) is 3.58. The Labute approximate surface area is 152 Å². The second kappa shape index (κ2) is 8.09. The monoisotopic (exact) mass is 365 g/mol. The molecule has 1 aliphatic carbocycles. The van der Waals surface area contributed by atoms with E-state index in [1.54, 1.807) is 19.0 Å². The number of hydrogen-bond acceptors (Lipinski definition) is 5. The summed E-state index contributed by atoms with van der Waals surface area (Å²) >= 11 is 0. The van der Waals surface area contributed by atoms with Crippen molar-refractivity contribution in [1.82, 2.24) is 14.8 Å². The van der Waals surface area contributed by atoms with Crippen LogP contribution in [0.2, 0.25) is 0 Å². The molecular weight excluding hydrogens is 341 g/mol. The topological polar surface area (TPSA) is 72.0 Å². The Kier molecular flexibility index (Phi) is 5.83. The Morgan fingerprint density at radius 1 is 1.42 bits per heavy atom. The number of nitrogens with zero attached hydrogens (tertiary/aromatic N) is 3. The zero-order chi connectivity index (χ0) is 18.7. The molecule has 8 heteroatoms. The van der Waals surface area contributed by atoms with E-state index in [4.69, 9.17) is 9.47 Å². The number of fused-ring (bicyclic) bond motifs is 1. The largest absolute Gasteiger partial charge is 0.374 e. The van der Waals surface area contributed by atoms with Gasteiger partial charge in [-0.2, -0.15) is 4.39 Å². The van der Waals surface area contributed by atoms with E-state index in [2.05, 4.69) is 4.98 Å². The van der Waals surface area contributed by atoms with Crippen LogP contribution in [-0.4, -0.2) is 79.2 Å². The predicted octanol–water partition coefficient (Wildman–Crippen LogP) is 0.945. The van der Waals surface area contributed by atoms with Gasteiger partial charge in [0.2, 0.25) is 11.9 Å². The number of halogens is 1. The lowest BCUT2D eigenvalue weighted by atomic mass is 10.1. The average molecular weight is 365 g/mol. The standard InChI is InChI=1S/C18H24FN3O4/c1-21(2)17(23)11-25-10-12-7-14-15(8-12)26-6-5-22(14)18(24)13-3-4-20-16(19)9-13/h3-4,9,12,14-15H,5-8,10-11H2,1-2H3/t12-,14+,15+/m0/s1. The van der Waals surface area contributed by atoms with Gasteiger partial charge < -0.3 is 19.3 Å². The summed E-state index contributed by atoms with van der Waals surface area (Å²) in [5, 5.41) is 0. The molecule has 3 rings (SSSR count). The minimum atomic E-state index is -0.663. The van der Waals surface area contributed by atoms with Crippen LogP contribution in [-0.2, 0) is 14.3 Å². The summed E-state index contributed by atoms with van der Waals surface area (Å²) in [6.45, 7) is 1.46. The van der Waals surface area contributed by atoms with E-state index in [0.717, 1.165) is 18.9 Å². The van der Waals surface area contributed by atoms with E-state index in [-0.39, 0.29) is 36.5 Å². The van der Waals surface area contributed by atoms with Crippen molar-refractivity contribution < 1.29 is 23.5 Å². The normalized spacial score (nSPS) is 25.0. The van der Waals surface area contributed by atoms with Crippen LogP contribution in [0.1, 0.15) is 23.2 Å². The highest BCUT2D eigenvalue weighted by Crippen LogP contribution is 2.35. The Bertz CT molecular complexity index is 670. The summed E-state index contributed by atoms with van der Waals surface area (Å²) in [7, 11) is 3.38. The van der Waals surface area contributed by atoms with E-state index in [1.807, 2.05) is 0 Å².